The summed E-state index contributed by atoms with van der Waals surface area (Å²) in [5.41, 5.74) is -7.35. The highest BCUT2D eigenvalue weighted by atomic mass is 16.9. The van der Waals surface area contributed by atoms with Gasteiger partial charge in [-0.25, -0.2) is 4.79 Å². The maximum absolute atomic E-state index is 14.3. The average Bonchev–Trinajstić information content (AvgIpc) is 3.36. The van der Waals surface area contributed by atoms with E-state index in [1.807, 2.05) is 0 Å². The van der Waals surface area contributed by atoms with Crippen molar-refractivity contribution >= 4 is 29.8 Å². The fraction of sp³-hybridized carbons (Fsp3) is 0.548. The Kier molecular flexibility index (Phi) is 9.54. The molecular formula is C42H48O14. The van der Waals surface area contributed by atoms with Crippen LogP contribution in [0.5, 0.6) is 0 Å². The van der Waals surface area contributed by atoms with Gasteiger partial charge in [0, 0.05) is 45.1 Å². The van der Waals surface area contributed by atoms with E-state index in [4.69, 9.17) is 37.9 Å². The molecule has 0 radical (unpaired) electrons. The van der Waals surface area contributed by atoms with Crippen molar-refractivity contribution in [1.82, 2.24) is 0 Å². The number of aliphatic hydroxyl groups is 1. The molecule has 4 bridgehead atoms. The molecule has 2 aromatic rings. The Morgan fingerprint density at radius 3 is 1.86 bits per heavy atom. The van der Waals surface area contributed by atoms with Gasteiger partial charge < -0.3 is 43.0 Å². The number of esters is 5. The molecule has 300 valence electrons. The molecule has 1 spiro atoms. The van der Waals surface area contributed by atoms with Crippen LogP contribution in [0.4, 0.5) is 0 Å². The van der Waals surface area contributed by atoms with E-state index in [1.165, 1.54) is 32.9 Å². The van der Waals surface area contributed by atoms with Gasteiger partial charge in [-0.15, -0.1) is 0 Å². The third-order valence-electron chi connectivity index (χ3n) is 12.5. The summed E-state index contributed by atoms with van der Waals surface area (Å²) in [6.07, 6.45) is -7.23. The van der Waals surface area contributed by atoms with Crippen LogP contribution in [0, 0.1) is 23.7 Å². The zero-order chi connectivity index (χ0) is 40.7. The van der Waals surface area contributed by atoms with E-state index in [2.05, 4.69) is 6.58 Å². The first-order valence-electron chi connectivity index (χ1n) is 18.8. The van der Waals surface area contributed by atoms with Gasteiger partial charge in [-0.1, -0.05) is 69.0 Å². The van der Waals surface area contributed by atoms with Crippen molar-refractivity contribution in [2.75, 3.05) is 0 Å². The van der Waals surface area contributed by atoms with Crippen molar-refractivity contribution in [1.29, 1.82) is 0 Å². The highest BCUT2D eigenvalue weighted by Crippen LogP contribution is 2.72. The normalized spacial score (nSPS) is 41.6. The Labute approximate surface area is 324 Å². The Bertz CT molecular complexity index is 1950. The van der Waals surface area contributed by atoms with Crippen LogP contribution in [0.25, 0.3) is 0 Å². The predicted molar refractivity (Wildman–Crippen MR) is 193 cm³/mol. The zero-order valence-electron chi connectivity index (χ0n) is 32.6. The molecule has 8 rings (SSSR count). The third kappa shape index (κ3) is 5.47. The van der Waals surface area contributed by atoms with Gasteiger partial charge in [0.25, 0.3) is 0 Å². The number of hydrogen-bond donors (Lipinski definition) is 1. The largest absolute Gasteiger partial charge is 0.459 e. The predicted octanol–water partition coefficient (Wildman–Crippen LogP) is 4.31. The van der Waals surface area contributed by atoms with Gasteiger partial charge in [0.2, 0.25) is 0 Å². The summed E-state index contributed by atoms with van der Waals surface area (Å²) in [4.78, 5) is 67.2. The lowest BCUT2D eigenvalue weighted by Gasteiger charge is -2.73. The second kappa shape index (κ2) is 13.5. The number of benzene rings is 2. The molecule has 2 aromatic carbocycles. The quantitative estimate of drug-likeness (QED) is 0.228. The Balaban J connectivity index is 1.61. The fourth-order valence-corrected chi connectivity index (χ4v) is 10.8. The molecule has 3 aliphatic heterocycles. The maximum Gasteiger partial charge on any atom is 0.338 e. The maximum atomic E-state index is 14.3. The van der Waals surface area contributed by atoms with Crippen LogP contribution in [0.1, 0.15) is 77.7 Å². The fourth-order valence-electron chi connectivity index (χ4n) is 10.8. The summed E-state index contributed by atoms with van der Waals surface area (Å²) in [5.74, 6) is -9.97. The minimum absolute atomic E-state index is 0.0919. The van der Waals surface area contributed by atoms with E-state index >= 15 is 0 Å². The van der Waals surface area contributed by atoms with Crippen molar-refractivity contribution in [2.24, 2.45) is 23.7 Å². The summed E-state index contributed by atoms with van der Waals surface area (Å²) >= 11 is 0. The van der Waals surface area contributed by atoms with E-state index < -0.39 is 112 Å². The molecule has 6 aliphatic rings. The van der Waals surface area contributed by atoms with Crippen LogP contribution in [0.15, 0.2) is 72.8 Å². The molecule has 3 saturated carbocycles. The number of rotatable bonds is 8. The lowest BCUT2D eigenvalue weighted by atomic mass is 9.51. The van der Waals surface area contributed by atoms with Gasteiger partial charge in [-0.2, -0.15) is 0 Å². The SMILES string of the molecule is C=C(C)[C@@]1(OC(C)=O)[C@@H]2OC3(c4ccccc4)O[C@H]1[C@@H](C)[C@@]1(O3)[C@H]2[C@H](OC(C)=O)[C@](C)(OC(=O)c2ccccc2)[C@@H](OC(C)=O)[C@@]2(O)[C@H]1C[C@H](C)[C@@H]2OC(C)=O. The summed E-state index contributed by atoms with van der Waals surface area (Å²) in [5, 5.41) is 13.8. The molecule has 14 heteroatoms. The lowest BCUT2D eigenvalue weighted by molar-refractivity contribution is -0.585. The second-order valence-corrected chi connectivity index (χ2v) is 16.1. The molecule has 3 aliphatic carbocycles. The number of hydrogen-bond acceptors (Lipinski definition) is 14. The molecule has 6 fully saturated rings. The Hall–Kier alpha value is -4.63. The van der Waals surface area contributed by atoms with Crippen molar-refractivity contribution < 1.29 is 67.0 Å². The van der Waals surface area contributed by atoms with E-state index in [1.54, 1.807) is 69.3 Å². The number of carbonyl (C=O) groups excluding carboxylic acids is 5. The summed E-state index contributed by atoms with van der Waals surface area (Å²) in [7, 11) is 0. The molecule has 3 saturated heterocycles. The minimum atomic E-state index is -2.40. The molecule has 56 heavy (non-hydrogen) atoms. The van der Waals surface area contributed by atoms with Gasteiger partial charge in [-0.05, 0) is 43.9 Å². The summed E-state index contributed by atoms with van der Waals surface area (Å²) < 4.78 is 52.3. The molecule has 0 aromatic heterocycles. The molecule has 1 N–H and O–H groups in total. The summed E-state index contributed by atoms with van der Waals surface area (Å²) in [6, 6.07) is 16.7. The minimum Gasteiger partial charge on any atom is -0.459 e. The zero-order valence-corrected chi connectivity index (χ0v) is 32.6. The standard InChI is InChI=1S/C42H48O14/c1-21(2)40(52-27(8)46)33-23(4)41-30-20-22(3)32(49-24(5)43)39(30,48)37(51-26(7)45)38(9,55-36(47)28-16-12-10-13-17-28)34(50-25(6)44)31(41)35(40)54-42(53-33,56-41)29-18-14-11-15-19-29/h10-19,22-23,30-35,37,48H,1,20H2,2-9H3/t22-,23+,30+,31-,32-,33-,34-,35+,37+,38-,39+,40-,41-,42?/m0/s1. The molecule has 3 heterocycles. The molecule has 1 unspecified atom stereocenters. The topological polar surface area (TPSA) is 179 Å². The van der Waals surface area contributed by atoms with Crippen molar-refractivity contribution in [3.8, 4) is 0 Å². The number of fused-ring (bicyclic) bond motifs is 1. The van der Waals surface area contributed by atoms with Gasteiger partial charge in [0.1, 0.15) is 23.9 Å². The monoisotopic (exact) mass is 776 g/mol. The highest BCUT2D eigenvalue weighted by molar-refractivity contribution is 5.89. The molecular weight excluding hydrogens is 728 g/mol. The van der Waals surface area contributed by atoms with Crippen LogP contribution in [0.3, 0.4) is 0 Å². The second-order valence-electron chi connectivity index (χ2n) is 16.1. The first-order valence-corrected chi connectivity index (χ1v) is 18.8. The van der Waals surface area contributed by atoms with Crippen molar-refractivity contribution in [3.63, 3.8) is 0 Å². The van der Waals surface area contributed by atoms with Gasteiger partial charge in [0.15, 0.2) is 23.4 Å². The average molecular weight is 777 g/mol. The first-order chi connectivity index (χ1) is 26.3. The van der Waals surface area contributed by atoms with E-state index in [0.717, 1.165) is 13.8 Å². The van der Waals surface area contributed by atoms with Gasteiger partial charge in [0.05, 0.1) is 17.1 Å². The van der Waals surface area contributed by atoms with E-state index in [0.29, 0.717) is 11.1 Å². The third-order valence-corrected chi connectivity index (χ3v) is 12.5. The van der Waals surface area contributed by atoms with Gasteiger partial charge >= 0.3 is 35.8 Å². The smallest absolute Gasteiger partial charge is 0.338 e. The molecule has 14 atom stereocenters. The van der Waals surface area contributed by atoms with Crippen LogP contribution in [-0.2, 0) is 63.0 Å². The summed E-state index contributed by atoms with van der Waals surface area (Å²) in [6.45, 7) is 15.6. The Morgan fingerprint density at radius 2 is 1.30 bits per heavy atom. The van der Waals surface area contributed by atoms with Crippen LogP contribution < -0.4 is 0 Å². The number of carbonyl (C=O) groups is 5. The van der Waals surface area contributed by atoms with Crippen LogP contribution in [0.2, 0.25) is 0 Å². The lowest BCUT2D eigenvalue weighted by Crippen LogP contribution is -2.87. The van der Waals surface area contributed by atoms with E-state index in [9.17, 15) is 29.1 Å². The molecule has 0 amide bonds. The first kappa shape index (κ1) is 39.6. The van der Waals surface area contributed by atoms with E-state index in [-0.39, 0.29) is 12.0 Å². The Morgan fingerprint density at radius 1 is 0.750 bits per heavy atom. The van der Waals surface area contributed by atoms with Gasteiger partial charge in [-0.3, -0.25) is 19.2 Å². The molecule has 14 nitrogen and oxygen atoms in total. The number of ether oxygens (including phenoxy) is 8. The van der Waals surface area contributed by atoms with Crippen molar-refractivity contribution in [3.05, 3.63) is 83.9 Å². The van der Waals surface area contributed by atoms with Crippen LogP contribution in [-0.4, -0.2) is 87.9 Å². The van der Waals surface area contributed by atoms with Crippen LogP contribution >= 0.6 is 0 Å². The highest BCUT2D eigenvalue weighted by Gasteiger charge is 2.88. The van der Waals surface area contributed by atoms with Crippen molar-refractivity contribution in [2.45, 2.75) is 121 Å².